The standard InChI is InChI=1S/C21H24N4O2/c1-15(22-24-19(26)17-11-7-5-8-12-17)21(3,4)16(2)23-25-20(27)18-13-9-6-10-14-18/h5-14H,1-4H3,(H,24,26)(H,25,27)/b22-15+,23-16+. The Bertz CT molecular complexity index is 785. The van der Waals surface area contributed by atoms with Gasteiger partial charge >= 0.3 is 0 Å². The van der Waals surface area contributed by atoms with Crippen molar-refractivity contribution >= 4 is 23.2 Å². The van der Waals surface area contributed by atoms with Gasteiger partial charge in [-0.05, 0) is 52.0 Å². The van der Waals surface area contributed by atoms with Gasteiger partial charge in [-0.3, -0.25) is 9.59 Å². The van der Waals surface area contributed by atoms with E-state index < -0.39 is 5.41 Å². The van der Waals surface area contributed by atoms with Crippen LogP contribution in [0.4, 0.5) is 0 Å². The molecular weight excluding hydrogens is 340 g/mol. The quantitative estimate of drug-likeness (QED) is 0.606. The van der Waals surface area contributed by atoms with E-state index in [1.54, 1.807) is 48.5 Å². The summed E-state index contributed by atoms with van der Waals surface area (Å²) in [5.74, 6) is -0.560. The van der Waals surface area contributed by atoms with Crippen LogP contribution >= 0.6 is 0 Å². The highest BCUT2D eigenvalue weighted by Crippen LogP contribution is 2.20. The summed E-state index contributed by atoms with van der Waals surface area (Å²) in [4.78, 5) is 24.2. The summed E-state index contributed by atoms with van der Waals surface area (Å²) in [5, 5.41) is 8.40. The van der Waals surface area contributed by atoms with E-state index in [0.717, 1.165) is 0 Å². The third-order valence-electron chi connectivity index (χ3n) is 4.53. The molecule has 6 heteroatoms. The highest BCUT2D eigenvalue weighted by molar-refractivity contribution is 6.10. The molecule has 0 unspecified atom stereocenters. The molecule has 0 bridgehead atoms. The highest BCUT2D eigenvalue weighted by atomic mass is 16.2. The Hall–Kier alpha value is -3.28. The third-order valence-corrected chi connectivity index (χ3v) is 4.53. The molecule has 0 saturated carbocycles. The first kappa shape index (κ1) is 20.0. The van der Waals surface area contributed by atoms with Crippen molar-refractivity contribution in [2.45, 2.75) is 27.7 Å². The molecule has 0 saturated heterocycles. The van der Waals surface area contributed by atoms with Gasteiger partial charge < -0.3 is 0 Å². The van der Waals surface area contributed by atoms with Gasteiger partial charge in [-0.1, -0.05) is 36.4 Å². The van der Waals surface area contributed by atoms with Gasteiger partial charge in [0.15, 0.2) is 0 Å². The molecule has 0 spiro atoms. The average molecular weight is 364 g/mol. The first-order valence-corrected chi connectivity index (χ1v) is 8.62. The van der Waals surface area contributed by atoms with Crippen LogP contribution in [0.15, 0.2) is 70.9 Å². The van der Waals surface area contributed by atoms with E-state index in [-0.39, 0.29) is 11.8 Å². The summed E-state index contributed by atoms with van der Waals surface area (Å²) >= 11 is 0. The van der Waals surface area contributed by atoms with Crippen molar-refractivity contribution in [3.63, 3.8) is 0 Å². The van der Waals surface area contributed by atoms with Crippen LogP contribution in [0.25, 0.3) is 0 Å². The van der Waals surface area contributed by atoms with Crippen LogP contribution in [0.3, 0.4) is 0 Å². The summed E-state index contributed by atoms with van der Waals surface area (Å²) in [6.45, 7) is 7.47. The average Bonchev–Trinajstić information content (AvgIpc) is 2.70. The SMILES string of the molecule is C/C(=N\NC(=O)c1ccccc1)C(C)(C)/C(C)=N/NC(=O)c1ccccc1. The van der Waals surface area contributed by atoms with Crippen LogP contribution in [0.2, 0.25) is 0 Å². The number of hydrazone groups is 2. The summed E-state index contributed by atoms with van der Waals surface area (Å²) in [5.41, 5.74) is 6.97. The number of carbonyl (C=O) groups is 2. The van der Waals surface area contributed by atoms with Gasteiger partial charge in [-0.15, -0.1) is 0 Å². The molecule has 2 amide bonds. The van der Waals surface area contributed by atoms with E-state index in [1.165, 1.54) is 0 Å². The molecule has 2 aromatic carbocycles. The maximum absolute atomic E-state index is 12.1. The molecule has 0 heterocycles. The Morgan fingerprint density at radius 2 is 1.04 bits per heavy atom. The lowest BCUT2D eigenvalue weighted by atomic mass is 9.84. The zero-order valence-corrected chi connectivity index (χ0v) is 16.0. The minimum absolute atomic E-state index is 0.280. The first-order chi connectivity index (χ1) is 12.8. The summed E-state index contributed by atoms with van der Waals surface area (Å²) in [7, 11) is 0. The number of benzene rings is 2. The lowest BCUT2D eigenvalue weighted by Gasteiger charge is -2.24. The summed E-state index contributed by atoms with van der Waals surface area (Å²) in [6, 6.07) is 17.7. The van der Waals surface area contributed by atoms with Gasteiger partial charge in [-0.2, -0.15) is 10.2 Å². The normalized spacial score (nSPS) is 12.4. The number of nitrogens with zero attached hydrogens (tertiary/aromatic N) is 2. The number of hydrogen-bond acceptors (Lipinski definition) is 4. The zero-order valence-electron chi connectivity index (χ0n) is 16.0. The van der Waals surface area contributed by atoms with Crippen LogP contribution in [-0.2, 0) is 0 Å². The minimum Gasteiger partial charge on any atom is -0.267 e. The van der Waals surface area contributed by atoms with Crippen molar-refractivity contribution in [1.29, 1.82) is 0 Å². The van der Waals surface area contributed by atoms with E-state index in [1.807, 2.05) is 39.8 Å². The molecule has 0 atom stereocenters. The Kier molecular flexibility index (Phi) is 6.60. The summed E-state index contributed by atoms with van der Waals surface area (Å²) in [6.07, 6.45) is 0. The van der Waals surface area contributed by atoms with Crippen molar-refractivity contribution in [3.05, 3.63) is 71.8 Å². The summed E-state index contributed by atoms with van der Waals surface area (Å²) < 4.78 is 0. The van der Waals surface area contributed by atoms with E-state index >= 15 is 0 Å². The van der Waals surface area contributed by atoms with Crippen LogP contribution in [0.1, 0.15) is 48.4 Å². The lowest BCUT2D eigenvalue weighted by molar-refractivity contribution is 0.0947. The predicted molar refractivity (Wildman–Crippen MR) is 108 cm³/mol. The van der Waals surface area contributed by atoms with E-state index in [2.05, 4.69) is 21.1 Å². The second kappa shape index (κ2) is 8.89. The van der Waals surface area contributed by atoms with Crippen LogP contribution < -0.4 is 10.9 Å². The fraction of sp³-hybridized carbons (Fsp3) is 0.238. The van der Waals surface area contributed by atoms with Gasteiger partial charge in [0.1, 0.15) is 0 Å². The van der Waals surface area contributed by atoms with E-state index in [4.69, 9.17) is 0 Å². The molecular formula is C21H24N4O2. The topological polar surface area (TPSA) is 82.9 Å². The molecule has 140 valence electrons. The molecule has 27 heavy (non-hydrogen) atoms. The second-order valence-corrected chi connectivity index (χ2v) is 6.63. The van der Waals surface area contributed by atoms with Crippen molar-refractivity contribution in [2.24, 2.45) is 15.6 Å². The van der Waals surface area contributed by atoms with Crippen molar-refractivity contribution in [1.82, 2.24) is 10.9 Å². The highest BCUT2D eigenvalue weighted by Gasteiger charge is 2.26. The van der Waals surface area contributed by atoms with Crippen LogP contribution in [-0.4, -0.2) is 23.2 Å². The number of rotatable bonds is 6. The maximum Gasteiger partial charge on any atom is 0.271 e. The molecule has 2 aromatic rings. The smallest absolute Gasteiger partial charge is 0.267 e. The Labute approximate surface area is 159 Å². The molecule has 6 nitrogen and oxygen atoms in total. The molecule has 2 rings (SSSR count). The fourth-order valence-corrected chi connectivity index (χ4v) is 2.12. The number of nitrogens with one attached hydrogen (secondary N) is 2. The van der Waals surface area contributed by atoms with Gasteiger partial charge in [0.2, 0.25) is 0 Å². The molecule has 0 radical (unpaired) electrons. The number of amides is 2. The van der Waals surface area contributed by atoms with E-state index in [9.17, 15) is 9.59 Å². The third kappa shape index (κ3) is 5.34. The van der Waals surface area contributed by atoms with Gasteiger partial charge in [0.05, 0.1) is 0 Å². The molecule has 0 aliphatic rings. The lowest BCUT2D eigenvalue weighted by Crippen LogP contribution is -2.34. The van der Waals surface area contributed by atoms with Gasteiger partial charge in [0.25, 0.3) is 11.8 Å². The Morgan fingerprint density at radius 1 is 0.704 bits per heavy atom. The van der Waals surface area contributed by atoms with Crippen molar-refractivity contribution < 1.29 is 9.59 Å². The fourth-order valence-electron chi connectivity index (χ4n) is 2.12. The maximum atomic E-state index is 12.1. The van der Waals surface area contributed by atoms with Crippen molar-refractivity contribution in [2.75, 3.05) is 0 Å². The monoisotopic (exact) mass is 364 g/mol. The number of carbonyl (C=O) groups excluding carboxylic acids is 2. The predicted octanol–water partition coefficient (Wildman–Crippen LogP) is 3.62. The minimum atomic E-state index is -0.548. The largest absolute Gasteiger partial charge is 0.271 e. The first-order valence-electron chi connectivity index (χ1n) is 8.62. The second-order valence-electron chi connectivity index (χ2n) is 6.63. The number of hydrogen-bond donors (Lipinski definition) is 2. The van der Waals surface area contributed by atoms with Crippen LogP contribution in [0.5, 0.6) is 0 Å². The molecule has 2 N–H and O–H groups in total. The van der Waals surface area contributed by atoms with Crippen LogP contribution in [0, 0.1) is 5.41 Å². The zero-order chi connectivity index (χ0) is 19.9. The molecule has 0 aliphatic heterocycles. The Morgan fingerprint density at radius 3 is 1.37 bits per heavy atom. The van der Waals surface area contributed by atoms with E-state index in [0.29, 0.717) is 22.6 Å². The molecule has 0 aliphatic carbocycles. The Balaban J connectivity index is 2.04. The van der Waals surface area contributed by atoms with Crippen molar-refractivity contribution in [3.8, 4) is 0 Å². The van der Waals surface area contributed by atoms with Gasteiger partial charge in [-0.25, -0.2) is 10.9 Å². The molecule has 0 aromatic heterocycles. The molecule has 0 fully saturated rings. The van der Waals surface area contributed by atoms with Gasteiger partial charge in [0, 0.05) is 28.0 Å².